The van der Waals surface area contributed by atoms with Crippen molar-refractivity contribution >= 4 is 11.5 Å². The first kappa shape index (κ1) is 11.0. The molecule has 0 saturated heterocycles. The highest BCUT2D eigenvalue weighted by Gasteiger charge is 2.09. The van der Waals surface area contributed by atoms with E-state index in [0.29, 0.717) is 12.1 Å². The van der Waals surface area contributed by atoms with Crippen LogP contribution in [0.2, 0.25) is 0 Å². The molecule has 17 heavy (non-hydrogen) atoms. The first-order valence-electron chi connectivity index (χ1n) is 4.95. The Morgan fingerprint density at radius 3 is 2.65 bits per heavy atom. The molecular weight excluding hydrogens is 220 g/mol. The van der Waals surface area contributed by atoms with E-state index in [2.05, 4.69) is 9.97 Å². The van der Waals surface area contributed by atoms with Gasteiger partial charge in [-0.2, -0.15) is 0 Å². The van der Waals surface area contributed by atoms with Crippen molar-refractivity contribution < 1.29 is 4.92 Å². The van der Waals surface area contributed by atoms with Gasteiger partial charge in [-0.1, -0.05) is 0 Å². The maximum Gasteiger partial charge on any atom is 0.274 e. The van der Waals surface area contributed by atoms with Crippen LogP contribution in [0.25, 0.3) is 0 Å². The minimum Gasteiger partial charge on any atom is -0.383 e. The number of hydrogen-bond acceptors (Lipinski definition) is 5. The maximum absolute atomic E-state index is 10.7. The lowest BCUT2D eigenvalue weighted by Crippen LogP contribution is -2.00. The molecule has 0 unspecified atom stereocenters. The Labute approximate surface area is 97.3 Å². The molecule has 0 aliphatic rings. The smallest absolute Gasteiger partial charge is 0.274 e. The number of hydrogen-bond donors (Lipinski definition) is 1. The van der Waals surface area contributed by atoms with Crippen molar-refractivity contribution in [1.29, 1.82) is 0 Å². The average Bonchev–Trinajstić information content (AvgIpc) is 2.29. The van der Waals surface area contributed by atoms with Gasteiger partial charge in [-0.25, -0.2) is 4.98 Å². The predicted octanol–water partition coefficient (Wildman–Crippen LogP) is 1.56. The highest BCUT2D eigenvalue weighted by molar-refractivity contribution is 5.44. The van der Waals surface area contributed by atoms with Crippen LogP contribution in [0.15, 0.2) is 36.7 Å². The molecule has 0 fully saturated rings. The van der Waals surface area contributed by atoms with E-state index in [1.807, 2.05) is 12.1 Å². The van der Waals surface area contributed by atoms with Crippen LogP contribution in [0.5, 0.6) is 0 Å². The third kappa shape index (κ3) is 2.75. The van der Waals surface area contributed by atoms with Crippen LogP contribution >= 0.6 is 0 Å². The lowest BCUT2D eigenvalue weighted by atomic mass is 10.1. The van der Waals surface area contributed by atoms with Crippen molar-refractivity contribution in [3.05, 3.63) is 58.0 Å². The molecule has 2 heterocycles. The summed E-state index contributed by atoms with van der Waals surface area (Å²) in [5, 5.41) is 10.7. The van der Waals surface area contributed by atoms with E-state index in [9.17, 15) is 10.1 Å². The zero-order chi connectivity index (χ0) is 12.3. The van der Waals surface area contributed by atoms with Crippen LogP contribution in [0.4, 0.5) is 11.5 Å². The van der Waals surface area contributed by atoms with Gasteiger partial charge in [-0.05, 0) is 17.7 Å². The van der Waals surface area contributed by atoms with Gasteiger partial charge in [-0.15, -0.1) is 0 Å². The molecule has 0 radical (unpaired) electrons. The molecule has 2 rings (SSSR count). The summed E-state index contributed by atoms with van der Waals surface area (Å²) in [6.45, 7) is 0. The number of nitrogen functional groups attached to an aromatic ring is 1. The minimum absolute atomic E-state index is 0.0402. The summed E-state index contributed by atoms with van der Waals surface area (Å²) in [5.74, 6) is 0.156. The lowest BCUT2D eigenvalue weighted by Gasteiger charge is -2.02. The highest BCUT2D eigenvalue weighted by Crippen LogP contribution is 2.17. The Bertz CT molecular complexity index is 542. The maximum atomic E-state index is 10.7. The van der Waals surface area contributed by atoms with E-state index in [0.717, 1.165) is 5.56 Å². The summed E-state index contributed by atoms with van der Waals surface area (Å²) in [7, 11) is 0. The topological polar surface area (TPSA) is 94.9 Å². The van der Waals surface area contributed by atoms with Gasteiger partial charge >= 0.3 is 0 Å². The van der Waals surface area contributed by atoms with E-state index in [4.69, 9.17) is 5.73 Å². The fourth-order valence-electron chi connectivity index (χ4n) is 1.50. The Balaban J connectivity index is 2.30. The number of aromatic nitrogens is 2. The first-order chi connectivity index (χ1) is 8.15. The Morgan fingerprint density at radius 1 is 1.29 bits per heavy atom. The minimum atomic E-state index is -0.478. The molecule has 2 aromatic rings. The Hall–Kier alpha value is -2.50. The standard InChI is InChI=1S/C11H10N4O2/c12-11-7-10(15(16)17)6-9(14-11)5-8-1-3-13-4-2-8/h1-4,6-7H,5H2,(H2,12,14). The van der Waals surface area contributed by atoms with Crippen LogP contribution in [0, 0.1) is 10.1 Å². The summed E-state index contributed by atoms with van der Waals surface area (Å²) in [6.07, 6.45) is 3.82. The summed E-state index contributed by atoms with van der Waals surface area (Å²) in [6, 6.07) is 6.33. The lowest BCUT2D eigenvalue weighted by molar-refractivity contribution is -0.384. The normalized spacial score (nSPS) is 10.1. The van der Waals surface area contributed by atoms with E-state index in [-0.39, 0.29) is 11.5 Å². The van der Waals surface area contributed by atoms with Gasteiger partial charge in [0.15, 0.2) is 0 Å². The number of nitrogens with two attached hydrogens (primary N) is 1. The van der Waals surface area contributed by atoms with Crippen molar-refractivity contribution in [3.63, 3.8) is 0 Å². The second-order valence-electron chi connectivity index (χ2n) is 3.53. The SMILES string of the molecule is Nc1cc([N+](=O)[O-])cc(Cc2ccncc2)n1. The molecule has 0 amide bonds. The summed E-state index contributed by atoms with van der Waals surface area (Å²) < 4.78 is 0. The van der Waals surface area contributed by atoms with Crippen LogP contribution in [-0.4, -0.2) is 14.9 Å². The van der Waals surface area contributed by atoms with Gasteiger partial charge in [0.05, 0.1) is 16.7 Å². The monoisotopic (exact) mass is 230 g/mol. The van der Waals surface area contributed by atoms with E-state index >= 15 is 0 Å². The number of nitro groups is 1. The van der Waals surface area contributed by atoms with Crippen molar-refractivity contribution in [3.8, 4) is 0 Å². The number of anilines is 1. The van der Waals surface area contributed by atoms with E-state index in [1.165, 1.54) is 12.1 Å². The third-order valence-corrected chi connectivity index (χ3v) is 2.23. The zero-order valence-corrected chi connectivity index (χ0v) is 8.91. The first-order valence-corrected chi connectivity index (χ1v) is 4.95. The molecule has 0 aliphatic heterocycles. The molecule has 0 aliphatic carbocycles. The number of rotatable bonds is 3. The van der Waals surface area contributed by atoms with Gasteiger partial charge in [0.25, 0.3) is 5.69 Å². The third-order valence-electron chi connectivity index (χ3n) is 2.23. The second-order valence-corrected chi connectivity index (χ2v) is 3.53. The molecule has 2 N–H and O–H groups in total. The van der Waals surface area contributed by atoms with E-state index < -0.39 is 4.92 Å². The molecule has 86 valence electrons. The predicted molar refractivity (Wildman–Crippen MR) is 62.3 cm³/mol. The molecule has 6 heteroatoms. The summed E-state index contributed by atoms with van der Waals surface area (Å²) in [5.41, 5.74) is 7.03. The van der Waals surface area contributed by atoms with Crippen LogP contribution in [0.3, 0.4) is 0 Å². The Morgan fingerprint density at radius 2 is 2.00 bits per heavy atom. The van der Waals surface area contributed by atoms with Crippen molar-refractivity contribution in [2.45, 2.75) is 6.42 Å². The molecule has 2 aromatic heterocycles. The molecule has 0 atom stereocenters. The van der Waals surface area contributed by atoms with E-state index in [1.54, 1.807) is 12.4 Å². The molecule has 0 saturated carbocycles. The van der Waals surface area contributed by atoms with Gasteiger partial charge in [0, 0.05) is 24.9 Å². The van der Waals surface area contributed by atoms with Crippen molar-refractivity contribution in [2.24, 2.45) is 0 Å². The van der Waals surface area contributed by atoms with Gasteiger partial charge < -0.3 is 5.73 Å². The van der Waals surface area contributed by atoms with Gasteiger partial charge in [0.1, 0.15) is 5.82 Å². The van der Waals surface area contributed by atoms with Crippen LogP contribution in [-0.2, 0) is 6.42 Å². The number of pyridine rings is 2. The molecule has 0 spiro atoms. The summed E-state index contributed by atoms with van der Waals surface area (Å²) >= 11 is 0. The molecular formula is C11H10N4O2. The quantitative estimate of drug-likeness (QED) is 0.637. The molecule has 6 nitrogen and oxygen atoms in total. The average molecular weight is 230 g/mol. The van der Waals surface area contributed by atoms with Crippen LogP contribution in [0.1, 0.15) is 11.3 Å². The van der Waals surface area contributed by atoms with Crippen LogP contribution < -0.4 is 5.73 Å². The second kappa shape index (κ2) is 4.56. The fraction of sp³-hybridized carbons (Fsp3) is 0.0909. The van der Waals surface area contributed by atoms with Crippen molar-refractivity contribution in [2.75, 3.05) is 5.73 Å². The van der Waals surface area contributed by atoms with Gasteiger partial charge in [-0.3, -0.25) is 15.1 Å². The van der Waals surface area contributed by atoms with Crippen molar-refractivity contribution in [1.82, 2.24) is 9.97 Å². The zero-order valence-electron chi connectivity index (χ0n) is 8.91. The fourth-order valence-corrected chi connectivity index (χ4v) is 1.50. The molecule has 0 bridgehead atoms. The molecule has 0 aromatic carbocycles. The summed E-state index contributed by atoms with van der Waals surface area (Å²) in [4.78, 5) is 18.2. The Kier molecular flexibility index (Phi) is 2.95. The largest absolute Gasteiger partial charge is 0.383 e. The number of nitrogens with zero attached hydrogens (tertiary/aromatic N) is 3. The van der Waals surface area contributed by atoms with Gasteiger partial charge in [0.2, 0.25) is 0 Å². The highest BCUT2D eigenvalue weighted by atomic mass is 16.6.